The molecule has 1 aliphatic heterocycles. The number of benzene rings is 1. The fourth-order valence-electron chi connectivity index (χ4n) is 3.02. The van der Waals surface area contributed by atoms with Crippen LogP contribution < -0.4 is 14.8 Å². The highest BCUT2D eigenvalue weighted by molar-refractivity contribution is 7.07. The van der Waals surface area contributed by atoms with E-state index in [0.29, 0.717) is 35.5 Å². The van der Waals surface area contributed by atoms with Gasteiger partial charge in [-0.25, -0.2) is 0 Å². The monoisotopic (exact) mass is 395 g/mol. The molecule has 2 aromatic rings. The summed E-state index contributed by atoms with van der Waals surface area (Å²) in [6, 6.07) is 9.81. The lowest BCUT2D eigenvalue weighted by Gasteiger charge is -2.26. The zero-order valence-corrected chi connectivity index (χ0v) is 16.5. The second-order valence-electron chi connectivity index (χ2n) is 6.43. The molecule has 28 heavy (non-hydrogen) atoms. The Balaban J connectivity index is 2.20. The van der Waals surface area contributed by atoms with Gasteiger partial charge >= 0.3 is 0 Å². The van der Waals surface area contributed by atoms with Crippen molar-refractivity contribution in [1.82, 2.24) is 9.47 Å². The van der Waals surface area contributed by atoms with Crippen LogP contribution in [0.4, 0.5) is 0 Å². The second-order valence-corrected chi connectivity index (χ2v) is 7.46. The molecule has 0 bridgehead atoms. The van der Waals surface area contributed by atoms with Crippen molar-refractivity contribution in [1.29, 1.82) is 5.26 Å². The topological polar surface area (TPSA) is 75.3 Å². The highest BCUT2D eigenvalue weighted by Gasteiger charge is 2.23. The largest absolute Gasteiger partial charge is 0.378 e. The standard InChI is InChI=1S/C21H21N3O3S/c1-3-7-24-20(26)18(13-16-6-4-5-15(2)12-16)28-21(24)17(14-22)19(25)23-8-10-27-11-9-23/h3-6,12-13H,1,7-11H2,2H3/b18-13-,21-17-. The third-order valence-electron chi connectivity index (χ3n) is 4.40. The average Bonchev–Trinajstić information content (AvgIpc) is 2.99. The molecular weight excluding hydrogens is 374 g/mol. The lowest BCUT2D eigenvalue weighted by Crippen LogP contribution is -2.42. The molecule has 1 aromatic heterocycles. The van der Waals surface area contributed by atoms with Gasteiger partial charge in [-0.3, -0.25) is 14.2 Å². The molecule has 1 aliphatic rings. The van der Waals surface area contributed by atoms with Crippen molar-refractivity contribution < 1.29 is 9.53 Å². The minimum atomic E-state index is -0.369. The molecular formula is C21H21N3O3S. The molecule has 144 valence electrons. The SMILES string of the molecule is C=CCn1c(=O)/c(=C/c2cccc(C)c2)s/c1=C(/C#N)C(=O)N1CCOCC1. The molecule has 0 atom stereocenters. The number of aryl methyl sites for hydroxylation is 1. The number of nitriles is 1. The molecule has 0 spiro atoms. The number of nitrogens with zero attached hydrogens (tertiary/aromatic N) is 3. The van der Waals surface area contributed by atoms with E-state index < -0.39 is 0 Å². The van der Waals surface area contributed by atoms with Gasteiger partial charge in [-0.15, -0.1) is 17.9 Å². The minimum Gasteiger partial charge on any atom is -0.378 e. The molecule has 1 saturated heterocycles. The number of ether oxygens (including phenoxy) is 1. The van der Waals surface area contributed by atoms with E-state index in [9.17, 15) is 14.9 Å². The summed E-state index contributed by atoms with van der Waals surface area (Å²) in [6.45, 7) is 7.66. The van der Waals surface area contributed by atoms with Crippen LogP contribution in [0.15, 0.2) is 41.7 Å². The van der Waals surface area contributed by atoms with E-state index in [-0.39, 0.29) is 23.6 Å². The van der Waals surface area contributed by atoms with Crippen molar-refractivity contribution in [2.75, 3.05) is 26.3 Å². The van der Waals surface area contributed by atoms with Crippen molar-refractivity contribution in [3.8, 4) is 6.07 Å². The Labute approximate surface area is 166 Å². The molecule has 2 heterocycles. The Morgan fingerprint density at radius 2 is 2.14 bits per heavy atom. The normalized spacial score (nSPS) is 15.9. The molecule has 0 radical (unpaired) electrons. The predicted octanol–water partition coefficient (Wildman–Crippen LogP) is 0.766. The Hall–Kier alpha value is -2.95. The van der Waals surface area contributed by atoms with Crippen molar-refractivity contribution >= 4 is 28.9 Å². The van der Waals surface area contributed by atoms with Gasteiger partial charge in [-0.05, 0) is 18.6 Å². The van der Waals surface area contributed by atoms with Gasteiger partial charge in [0.1, 0.15) is 10.7 Å². The van der Waals surface area contributed by atoms with Crippen molar-refractivity contribution in [3.05, 3.63) is 67.6 Å². The number of rotatable bonds is 4. The van der Waals surface area contributed by atoms with Gasteiger partial charge in [0, 0.05) is 19.6 Å². The molecule has 0 N–H and O–H groups in total. The smallest absolute Gasteiger partial charge is 0.269 e. The van der Waals surface area contributed by atoms with Crippen LogP contribution in [0.3, 0.4) is 0 Å². The summed E-state index contributed by atoms with van der Waals surface area (Å²) >= 11 is 1.16. The van der Waals surface area contributed by atoms with Crippen molar-refractivity contribution in [2.45, 2.75) is 13.5 Å². The van der Waals surface area contributed by atoms with Crippen molar-refractivity contribution in [3.63, 3.8) is 0 Å². The number of carbonyl (C=O) groups is 1. The maximum absolute atomic E-state index is 12.9. The quantitative estimate of drug-likeness (QED) is 0.717. The molecule has 1 aromatic carbocycles. The summed E-state index contributed by atoms with van der Waals surface area (Å²) in [5, 5.41) is 9.69. The fourth-order valence-corrected chi connectivity index (χ4v) is 4.13. The highest BCUT2D eigenvalue weighted by Crippen LogP contribution is 2.06. The van der Waals surface area contributed by atoms with Crippen LogP contribution in [0.25, 0.3) is 11.6 Å². The van der Waals surface area contributed by atoms with Crippen LogP contribution in [-0.2, 0) is 16.1 Å². The first-order valence-corrected chi connectivity index (χ1v) is 9.77. The number of amides is 1. The summed E-state index contributed by atoms with van der Waals surface area (Å²) < 4.78 is 7.55. The molecule has 0 saturated carbocycles. The fraction of sp³-hybridized carbons (Fsp3) is 0.286. The van der Waals surface area contributed by atoms with Crippen LogP contribution >= 0.6 is 11.3 Å². The van der Waals surface area contributed by atoms with Gasteiger partial charge in [0.2, 0.25) is 0 Å². The van der Waals surface area contributed by atoms with E-state index in [1.807, 2.05) is 37.3 Å². The summed E-state index contributed by atoms with van der Waals surface area (Å²) in [5.41, 5.74) is 1.73. The lowest BCUT2D eigenvalue weighted by molar-refractivity contribution is -0.128. The van der Waals surface area contributed by atoms with Gasteiger partial charge < -0.3 is 9.64 Å². The van der Waals surface area contributed by atoms with Crippen LogP contribution in [-0.4, -0.2) is 41.7 Å². The number of hydrogen-bond donors (Lipinski definition) is 0. The van der Waals surface area contributed by atoms with Crippen LogP contribution in [0.5, 0.6) is 0 Å². The average molecular weight is 395 g/mol. The summed E-state index contributed by atoms with van der Waals surface area (Å²) in [6.07, 6.45) is 3.37. The third kappa shape index (κ3) is 4.14. The molecule has 1 amide bonds. The van der Waals surface area contributed by atoms with Gasteiger partial charge in [0.05, 0.1) is 17.7 Å². The number of aromatic nitrogens is 1. The first kappa shape index (κ1) is 19.8. The van der Waals surface area contributed by atoms with E-state index in [2.05, 4.69) is 6.58 Å². The van der Waals surface area contributed by atoms with E-state index in [0.717, 1.165) is 22.5 Å². The third-order valence-corrected chi connectivity index (χ3v) is 5.53. The Morgan fingerprint density at radius 3 is 2.79 bits per heavy atom. The lowest BCUT2D eigenvalue weighted by atomic mass is 10.1. The minimum absolute atomic E-state index is 0.0188. The zero-order chi connectivity index (χ0) is 20.1. The first-order valence-electron chi connectivity index (χ1n) is 8.95. The van der Waals surface area contributed by atoms with E-state index in [1.165, 1.54) is 4.57 Å². The number of thiazole rings is 1. The second kappa shape index (κ2) is 8.83. The van der Waals surface area contributed by atoms with Crippen LogP contribution in [0.2, 0.25) is 0 Å². The number of hydrogen-bond acceptors (Lipinski definition) is 5. The maximum Gasteiger partial charge on any atom is 0.269 e. The van der Waals surface area contributed by atoms with Crippen LogP contribution in [0.1, 0.15) is 11.1 Å². The van der Waals surface area contributed by atoms with E-state index in [4.69, 9.17) is 4.74 Å². The zero-order valence-electron chi connectivity index (χ0n) is 15.7. The number of allylic oxidation sites excluding steroid dienone is 1. The summed E-state index contributed by atoms with van der Waals surface area (Å²) in [5.74, 6) is -0.369. The van der Waals surface area contributed by atoms with Gasteiger partial charge in [0.15, 0.2) is 5.57 Å². The Morgan fingerprint density at radius 1 is 1.39 bits per heavy atom. The van der Waals surface area contributed by atoms with Crippen molar-refractivity contribution in [2.24, 2.45) is 0 Å². The summed E-state index contributed by atoms with van der Waals surface area (Å²) in [4.78, 5) is 27.4. The highest BCUT2D eigenvalue weighted by atomic mass is 32.1. The number of morpholine rings is 1. The summed E-state index contributed by atoms with van der Waals surface area (Å²) in [7, 11) is 0. The molecule has 7 heteroatoms. The number of carbonyl (C=O) groups excluding carboxylic acids is 1. The van der Waals surface area contributed by atoms with Gasteiger partial charge in [-0.1, -0.05) is 35.9 Å². The molecule has 3 rings (SSSR count). The van der Waals surface area contributed by atoms with Crippen LogP contribution in [0, 0.1) is 18.3 Å². The maximum atomic E-state index is 12.9. The van der Waals surface area contributed by atoms with Gasteiger partial charge in [-0.2, -0.15) is 5.26 Å². The predicted molar refractivity (Wildman–Crippen MR) is 109 cm³/mol. The Bertz CT molecular complexity index is 1110. The molecule has 0 aliphatic carbocycles. The molecule has 1 fully saturated rings. The Kier molecular flexibility index (Phi) is 6.24. The molecule has 6 nitrogen and oxygen atoms in total. The first-order chi connectivity index (χ1) is 13.5. The molecule has 0 unspecified atom stereocenters. The van der Waals surface area contributed by atoms with E-state index in [1.54, 1.807) is 17.1 Å². The van der Waals surface area contributed by atoms with E-state index >= 15 is 0 Å². The van der Waals surface area contributed by atoms with Gasteiger partial charge in [0.25, 0.3) is 11.5 Å².